The van der Waals surface area contributed by atoms with Gasteiger partial charge in [-0.2, -0.15) is 0 Å². The highest BCUT2D eigenvalue weighted by Crippen LogP contribution is 2.26. The Bertz CT molecular complexity index is 1130. The van der Waals surface area contributed by atoms with Gasteiger partial charge in [0, 0.05) is 22.6 Å². The Morgan fingerprint density at radius 2 is 1.79 bits per heavy atom. The molecule has 0 spiro atoms. The second-order valence-corrected chi connectivity index (χ2v) is 7.07. The number of anilines is 1. The first kappa shape index (κ1) is 18.1. The van der Waals surface area contributed by atoms with Gasteiger partial charge in [-0.1, -0.05) is 29.8 Å². The fourth-order valence-electron chi connectivity index (χ4n) is 3.26. The zero-order valence-corrected chi connectivity index (χ0v) is 16.2. The van der Waals surface area contributed by atoms with E-state index in [0.717, 1.165) is 21.8 Å². The summed E-state index contributed by atoms with van der Waals surface area (Å²) in [5, 5.41) is 3.11. The number of nitrogens with one attached hydrogen (secondary N) is 1. The first-order chi connectivity index (χ1) is 13.5. The fraction of sp³-hybridized carbons (Fsp3) is 0.0909. The van der Waals surface area contributed by atoms with Crippen molar-refractivity contribution in [1.82, 2.24) is 9.88 Å². The van der Waals surface area contributed by atoms with Crippen LogP contribution in [0.15, 0.2) is 66.5 Å². The van der Waals surface area contributed by atoms with Crippen LogP contribution in [-0.4, -0.2) is 16.5 Å². The summed E-state index contributed by atoms with van der Waals surface area (Å²) in [6, 6.07) is 16.0. The predicted molar refractivity (Wildman–Crippen MR) is 111 cm³/mol. The van der Waals surface area contributed by atoms with E-state index in [1.54, 1.807) is 30.3 Å². The average molecular weight is 392 g/mol. The molecule has 0 bridgehead atoms. The molecule has 2 aromatic carbocycles. The Hall–Kier alpha value is -3.31. The third kappa shape index (κ3) is 3.10. The Balaban J connectivity index is 1.72. The van der Waals surface area contributed by atoms with E-state index in [9.17, 15) is 9.59 Å². The van der Waals surface area contributed by atoms with Crippen molar-refractivity contribution in [3.05, 3.63) is 88.3 Å². The third-order valence-corrected chi connectivity index (χ3v) is 5.09. The fourth-order valence-corrected chi connectivity index (χ4v) is 3.44. The minimum atomic E-state index is -0.497. The lowest BCUT2D eigenvalue weighted by Crippen LogP contribution is -2.30. The zero-order chi connectivity index (χ0) is 19.8. The van der Waals surface area contributed by atoms with Gasteiger partial charge >= 0.3 is 6.03 Å². The number of amides is 3. The van der Waals surface area contributed by atoms with Gasteiger partial charge in [0.1, 0.15) is 5.70 Å². The minimum Gasteiger partial charge on any atom is -0.317 e. The molecule has 5 nitrogen and oxygen atoms in total. The molecule has 140 valence electrons. The summed E-state index contributed by atoms with van der Waals surface area (Å²) in [7, 11) is 0. The summed E-state index contributed by atoms with van der Waals surface area (Å²) in [6.07, 6.45) is 3.62. The van der Waals surface area contributed by atoms with Gasteiger partial charge in [0.2, 0.25) is 0 Å². The number of hydrogen-bond donors (Lipinski definition) is 1. The summed E-state index contributed by atoms with van der Waals surface area (Å²) in [5.74, 6) is -0.416. The summed E-state index contributed by atoms with van der Waals surface area (Å²) < 4.78 is 2.00. The second kappa shape index (κ2) is 7.02. The van der Waals surface area contributed by atoms with Crippen molar-refractivity contribution in [3.63, 3.8) is 0 Å². The smallest absolute Gasteiger partial charge is 0.317 e. The molecule has 1 N–H and O–H groups in total. The van der Waals surface area contributed by atoms with Gasteiger partial charge in [-0.15, -0.1) is 0 Å². The van der Waals surface area contributed by atoms with E-state index in [4.69, 9.17) is 11.6 Å². The van der Waals surface area contributed by atoms with Crippen LogP contribution in [0.3, 0.4) is 0 Å². The lowest BCUT2D eigenvalue weighted by Gasteiger charge is -2.13. The highest BCUT2D eigenvalue weighted by atomic mass is 35.5. The zero-order valence-electron chi connectivity index (χ0n) is 15.4. The van der Waals surface area contributed by atoms with E-state index in [0.29, 0.717) is 10.7 Å². The Morgan fingerprint density at radius 3 is 2.57 bits per heavy atom. The van der Waals surface area contributed by atoms with Crippen LogP contribution in [0.1, 0.15) is 16.8 Å². The average Bonchev–Trinajstić information content (AvgIpc) is 3.22. The number of carbonyl (C=O) groups is 2. The minimum absolute atomic E-state index is 0.218. The van der Waals surface area contributed by atoms with Gasteiger partial charge in [-0.05, 0) is 67.4 Å². The van der Waals surface area contributed by atoms with Gasteiger partial charge in [-0.3, -0.25) is 4.79 Å². The molecule has 6 heteroatoms. The second-order valence-electron chi connectivity index (χ2n) is 6.63. The number of aromatic nitrogens is 1. The quantitative estimate of drug-likeness (QED) is 0.512. The maximum atomic E-state index is 12.8. The molecule has 2 heterocycles. The SMILES string of the molecule is Cc1cccc(-n2cccc2/C=C2/NC(=O)N(c3cccc(Cl)c3)C2=O)c1C. The monoisotopic (exact) mass is 391 g/mol. The van der Waals surface area contributed by atoms with E-state index < -0.39 is 11.9 Å². The Labute approximate surface area is 167 Å². The number of aryl methyl sites for hydroxylation is 1. The van der Waals surface area contributed by atoms with Crippen molar-refractivity contribution in [2.75, 3.05) is 4.90 Å². The summed E-state index contributed by atoms with van der Waals surface area (Å²) in [6.45, 7) is 4.12. The number of hydrogen-bond acceptors (Lipinski definition) is 2. The molecular weight excluding hydrogens is 374 g/mol. The highest BCUT2D eigenvalue weighted by molar-refractivity contribution is 6.32. The van der Waals surface area contributed by atoms with E-state index in [1.807, 2.05) is 35.0 Å². The van der Waals surface area contributed by atoms with E-state index in [-0.39, 0.29) is 5.70 Å². The normalized spacial score (nSPS) is 15.4. The largest absolute Gasteiger partial charge is 0.333 e. The Kier molecular flexibility index (Phi) is 4.53. The molecule has 1 fully saturated rings. The molecule has 0 aliphatic carbocycles. The molecule has 1 aromatic heterocycles. The van der Waals surface area contributed by atoms with E-state index in [2.05, 4.69) is 25.2 Å². The van der Waals surface area contributed by atoms with Crippen LogP contribution in [0.2, 0.25) is 5.02 Å². The number of urea groups is 1. The molecule has 1 aliphatic rings. The van der Waals surface area contributed by atoms with Crippen LogP contribution >= 0.6 is 11.6 Å². The number of benzene rings is 2. The van der Waals surface area contributed by atoms with Crippen molar-refractivity contribution >= 4 is 35.3 Å². The van der Waals surface area contributed by atoms with Crippen LogP contribution in [0, 0.1) is 13.8 Å². The molecule has 28 heavy (non-hydrogen) atoms. The standard InChI is InChI=1S/C22H18ClN3O2/c1-14-6-3-10-20(15(14)2)25-11-5-9-17(25)13-19-21(27)26(22(28)24-19)18-8-4-7-16(23)12-18/h3-13H,1-2H3,(H,24,28)/b19-13+. The maximum absolute atomic E-state index is 12.8. The molecule has 0 saturated carbocycles. The number of rotatable bonds is 3. The first-order valence-corrected chi connectivity index (χ1v) is 9.20. The number of halogens is 1. The highest BCUT2D eigenvalue weighted by Gasteiger charge is 2.35. The van der Waals surface area contributed by atoms with Crippen LogP contribution in [0.5, 0.6) is 0 Å². The summed E-state index contributed by atoms with van der Waals surface area (Å²) >= 11 is 6.00. The molecule has 4 rings (SSSR count). The number of carbonyl (C=O) groups excluding carboxylic acids is 2. The maximum Gasteiger partial charge on any atom is 0.333 e. The van der Waals surface area contributed by atoms with Gasteiger partial charge < -0.3 is 9.88 Å². The van der Waals surface area contributed by atoms with Crippen LogP contribution in [-0.2, 0) is 4.79 Å². The van der Waals surface area contributed by atoms with E-state index >= 15 is 0 Å². The van der Waals surface area contributed by atoms with Gasteiger partial charge in [0.25, 0.3) is 5.91 Å². The molecule has 0 atom stereocenters. The van der Waals surface area contributed by atoms with Crippen LogP contribution in [0.4, 0.5) is 10.5 Å². The van der Waals surface area contributed by atoms with E-state index in [1.165, 1.54) is 5.56 Å². The number of nitrogens with zero attached hydrogens (tertiary/aromatic N) is 2. The van der Waals surface area contributed by atoms with Crippen molar-refractivity contribution in [2.45, 2.75) is 13.8 Å². The van der Waals surface area contributed by atoms with Crippen molar-refractivity contribution in [2.24, 2.45) is 0 Å². The molecular formula is C22H18ClN3O2. The molecule has 3 amide bonds. The van der Waals surface area contributed by atoms with Gasteiger partial charge in [0.05, 0.1) is 5.69 Å². The number of imide groups is 1. The molecule has 1 saturated heterocycles. The van der Waals surface area contributed by atoms with Crippen molar-refractivity contribution < 1.29 is 9.59 Å². The lowest BCUT2D eigenvalue weighted by atomic mass is 10.1. The molecule has 1 aliphatic heterocycles. The lowest BCUT2D eigenvalue weighted by molar-refractivity contribution is -0.113. The van der Waals surface area contributed by atoms with Gasteiger partial charge in [-0.25, -0.2) is 9.69 Å². The van der Waals surface area contributed by atoms with Crippen molar-refractivity contribution in [1.29, 1.82) is 0 Å². The van der Waals surface area contributed by atoms with Crippen molar-refractivity contribution in [3.8, 4) is 5.69 Å². The topological polar surface area (TPSA) is 54.3 Å². The molecule has 0 unspecified atom stereocenters. The molecule has 0 radical (unpaired) electrons. The Morgan fingerprint density at radius 1 is 1.00 bits per heavy atom. The summed E-state index contributed by atoms with van der Waals surface area (Å²) in [5.41, 5.74) is 4.81. The summed E-state index contributed by atoms with van der Waals surface area (Å²) in [4.78, 5) is 26.3. The molecule has 3 aromatic rings. The third-order valence-electron chi connectivity index (χ3n) is 4.85. The predicted octanol–water partition coefficient (Wildman–Crippen LogP) is 4.84. The van der Waals surface area contributed by atoms with Gasteiger partial charge in [0.15, 0.2) is 0 Å². The van der Waals surface area contributed by atoms with Crippen LogP contribution in [0.25, 0.3) is 11.8 Å². The first-order valence-electron chi connectivity index (χ1n) is 8.82. The van der Waals surface area contributed by atoms with Crippen LogP contribution < -0.4 is 10.2 Å².